The van der Waals surface area contributed by atoms with Crippen LogP contribution in [0.3, 0.4) is 0 Å². The summed E-state index contributed by atoms with van der Waals surface area (Å²) in [5, 5.41) is 20.4. The minimum absolute atomic E-state index is 0.100. The van der Waals surface area contributed by atoms with Gasteiger partial charge in [-0.05, 0) is 30.3 Å². The van der Waals surface area contributed by atoms with Crippen LogP contribution >= 0.6 is 27.7 Å². The van der Waals surface area contributed by atoms with Gasteiger partial charge in [-0.1, -0.05) is 39.8 Å². The van der Waals surface area contributed by atoms with E-state index in [2.05, 4.69) is 41.3 Å². The number of para-hydroxylation sites is 2. The fraction of sp³-hybridized carbons (Fsp3) is 0.250. The second-order valence-electron chi connectivity index (χ2n) is 6.58. The quantitative estimate of drug-likeness (QED) is 0.455. The first-order chi connectivity index (χ1) is 14.6. The molecule has 4 rings (SSSR count). The Morgan fingerprint density at radius 2 is 2.07 bits per heavy atom. The van der Waals surface area contributed by atoms with Crippen LogP contribution in [0.5, 0.6) is 5.75 Å². The van der Waals surface area contributed by atoms with Crippen molar-refractivity contribution in [1.29, 1.82) is 0 Å². The highest BCUT2D eigenvalue weighted by Crippen LogP contribution is 2.31. The van der Waals surface area contributed by atoms with Crippen molar-refractivity contribution in [3.05, 3.63) is 46.9 Å². The number of H-pyrrole nitrogens is 1. The standard InChI is InChI=1S/C20H20BrN5O3S/c21-13-5-6-17(27)14(11-13)19-23-20(25-24-19)30-12-18(28)22-15-3-1-2-4-16(15)26-7-9-29-10-8-26/h1-6,11,27H,7-10,12H2,(H,22,28)(H,23,24,25). The predicted octanol–water partition coefficient (Wildman–Crippen LogP) is 3.51. The molecule has 0 bridgehead atoms. The van der Waals surface area contributed by atoms with E-state index in [1.165, 1.54) is 11.8 Å². The maximum Gasteiger partial charge on any atom is 0.234 e. The van der Waals surface area contributed by atoms with Gasteiger partial charge >= 0.3 is 0 Å². The lowest BCUT2D eigenvalue weighted by atomic mass is 10.2. The van der Waals surface area contributed by atoms with E-state index in [9.17, 15) is 9.90 Å². The maximum atomic E-state index is 12.5. The van der Waals surface area contributed by atoms with Crippen molar-refractivity contribution in [3.63, 3.8) is 0 Å². The lowest BCUT2D eigenvalue weighted by molar-refractivity contribution is -0.113. The van der Waals surface area contributed by atoms with Gasteiger partial charge in [0.05, 0.1) is 35.9 Å². The molecule has 0 aliphatic carbocycles. The van der Waals surface area contributed by atoms with Crippen molar-refractivity contribution in [2.75, 3.05) is 42.3 Å². The summed E-state index contributed by atoms with van der Waals surface area (Å²) in [5.74, 6) is 0.564. The molecule has 2 aromatic carbocycles. The molecular formula is C20H20BrN5O3S. The summed E-state index contributed by atoms with van der Waals surface area (Å²) in [6.45, 7) is 2.95. The van der Waals surface area contributed by atoms with Crippen LogP contribution in [0.15, 0.2) is 52.1 Å². The second kappa shape index (κ2) is 9.50. The van der Waals surface area contributed by atoms with Gasteiger partial charge in [0.2, 0.25) is 11.1 Å². The molecule has 0 atom stereocenters. The Labute approximate surface area is 186 Å². The van der Waals surface area contributed by atoms with E-state index in [4.69, 9.17) is 4.74 Å². The summed E-state index contributed by atoms with van der Waals surface area (Å²) in [7, 11) is 0. The Balaban J connectivity index is 1.38. The molecule has 10 heteroatoms. The van der Waals surface area contributed by atoms with Crippen LogP contribution in [-0.4, -0.2) is 58.3 Å². The van der Waals surface area contributed by atoms with Crippen LogP contribution in [-0.2, 0) is 9.53 Å². The third kappa shape index (κ3) is 4.94. The third-order valence-corrected chi connectivity index (χ3v) is 5.88. The average molecular weight is 490 g/mol. The highest BCUT2D eigenvalue weighted by Gasteiger charge is 2.17. The lowest BCUT2D eigenvalue weighted by Crippen LogP contribution is -2.36. The summed E-state index contributed by atoms with van der Waals surface area (Å²) >= 11 is 4.60. The van der Waals surface area contributed by atoms with E-state index in [0.29, 0.717) is 29.8 Å². The minimum atomic E-state index is -0.141. The zero-order chi connectivity index (χ0) is 20.9. The molecule has 8 nitrogen and oxygen atoms in total. The molecule has 0 saturated carbocycles. The zero-order valence-corrected chi connectivity index (χ0v) is 18.4. The zero-order valence-electron chi connectivity index (χ0n) is 16.0. The van der Waals surface area contributed by atoms with Crippen molar-refractivity contribution < 1.29 is 14.6 Å². The number of aromatic nitrogens is 3. The van der Waals surface area contributed by atoms with Crippen molar-refractivity contribution in [2.24, 2.45) is 0 Å². The fourth-order valence-electron chi connectivity index (χ4n) is 3.11. The van der Waals surface area contributed by atoms with Gasteiger partial charge in [-0.25, -0.2) is 4.98 Å². The predicted molar refractivity (Wildman–Crippen MR) is 120 cm³/mol. The smallest absolute Gasteiger partial charge is 0.234 e. The molecule has 1 amide bonds. The van der Waals surface area contributed by atoms with Crippen LogP contribution in [0.2, 0.25) is 0 Å². The van der Waals surface area contributed by atoms with E-state index in [1.807, 2.05) is 24.3 Å². The Kier molecular flexibility index (Phi) is 6.56. The van der Waals surface area contributed by atoms with E-state index in [0.717, 1.165) is 28.9 Å². The van der Waals surface area contributed by atoms with Gasteiger partial charge in [-0.2, -0.15) is 0 Å². The monoisotopic (exact) mass is 489 g/mol. The van der Waals surface area contributed by atoms with E-state index in [1.54, 1.807) is 18.2 Å². The number of anilines is 2. The van der Waals surface area contributed by atoms with Crippen molar-refractivity contribution in [3.8, 4) is 17.1 Å². The average Bonchev–Trinajstić information content (AvgIpc) is 3.24. The van der Waals surface area contributed by atoms with Crippen molar-refractivity contribution >= 4 is 45.0 Å². The lowest BCUT2D eigenvalue weighted by Gasteiger charge is -2.30. The summed E-state index contributed by atoms with van der Waals surface area (Å²) in [4.78, 5) is 19.1. The first-order valence-electron chi connectivity index (χ1n) is 9.36. The largest absolute Gasteiger partial charge is 0.507 e. The third-order valence-electron chi connectivity index (χ3n) is 4.54. The van der Waals surface area contributed by atoms with Gasteiger partial charge in [0.15, 0.2) is 5.82 Å². The Bertz CT molecular complexity index is 1040. The molecule has 0 spiro atoms. The number of phenols is 1. The normalized spacial score (nSPS) is 14.0. The number of benzene rings is 2. The molecule has 0 unspecified atom stereocenters. The van der Waals surface area contributed by atoms with Gasteiger partial charge in [0.1, 0.15) is 5.75 Å². The molecule has 1 aromatic heterocycles. The topological polar surface area (TPSA) is 103 Å². The van der Waals surface area contributed by atoms with Gasteiger partial charge < -0.3 is 20.1 Å². The number of ether oxygens (including phenoxy) is 1. The summed E-state index contributed by atoms with van der Waals surface area (Å²) in [6, 6.07) is 12.8. The minimum Gasteiger partial charge on any atom is -0.507 e. The van der Waals surface area contributed by atoms with Crippen LogP contribution in [0.25, 0.3) is 11.4 Å². The number of halogens is 1. The number of nitrogens with zero attached hydrogens (tertiary/aromatic N) is 3. The Morgan fingerprint density at radius 3 is 2.90 bits per heavy atom. The number of carbonyl (C=O) groups is 1. The molecule has 3 N–H and O–H groups in total. The first-order valence-corrected chi connectivity index (χ1v) is 11.1. The Hall–Kier alpha value is -2.56. The summed E-state index contributed by atoms with van der Waals surface area (Å²) < 4.78 is 6.23. The fourth-order valence-corrected chi connectivity index (χ4v) is 4.06. The van der Waals surface area contributed by atoms with Crippen molar-refractivity contribution in [2.45, 2.75) is 5.16 Å². The number of phenolic OH excluding ortho intramolecular Hbond substituents is 1. The molecule has 3 aromatic rings. The van der Waals surface area contributed by atoms with Crippen molar-refractivity contribution in [1.82, 2.24) is 15.2 Å². The van der Waals surface area contributed by atoms with E-state index < -0.39 is 0 Å². The highest BCUT2D eigenvalue weighted by atomic mass is 79.9. The second-order valence-corrected chi connectivity index (χ2v) is 8.44. The molecule has 1 aliphatic heterocycles. The number of hydrogen-bond donors (Lipinski definition) is 3. The number of carbonyl (C=O) groups excluding carboxylic acids is 1. The van der Waals surface area contributed by atoms with Gasteiger partial charge in [-0.3, -0.25) is 9.89 Å². The van der Waals surface area contributed by atoms with Crippen LogP contribution < -0.4 is 10.2 Å². The number of nitrogens with one attached hydrogen (secondary N) is 2. The number of amides is 1. The molecule has 1 saturated heterocycles. The molecule has 1 aliphatic rings. The van der Waals surface area contributed by atoms with E-state index >= 15 is 0 Å². The number of thioether (sulfide) groups is 1. The van der Waals surface area contributed by atoms with Gasteiger partial charge in [-0.15, -0.1) is 5.10 Å². The first kappa shape index (κ1) is 20.7. The molecule has 0 radical (unpaired) electrons. The SMILES string of the molecule is O=C(CSc1n[nH]c(-c2cc(Br)ccc2O)n1)Nc1ccccc1N1CCOCC1. The molecule has 156 valence electrons. The maximum absolute atomic E-state index is 12.5. The number of aromatic amines is 1. The van der Waals surface area contributed by atoms with E-state index in [-0.39, 0.29) is 17.4 Å². The Morgan fingerprint density at radius 1 is 1.27 bits per heavy atom. The summed E-state index contributed by atoms with van der Waals surface area (Å²) in [6.07, 6.45) is 0. The number of morpholine rings is 1. The number of rotatable bonds is 6. The van der Waals surface area contributed by atoms with Crippen LogP contribution in [0.1, 0.15) is 0 Å². The highest BCUT2D eigenvalue weighted by molar-refractivity contribution is 9.10. The number of aromatic hydroxyl groups is 1. The molecular weight excluding hydrogens is 470 g/mol. The molecule has 30 heavy (non-hydrogen) atoms. The van der Waals surface area contributed by atoms with Crippen LogP contribution in [0, 0.1) is 0 Å². The summed E-state index contributed by atoms with van der Waals surface area (Å²) in [5.41, 5.74) is 2.30. The van der Waals surface area contributed by atoms with Gasteiger partial charge in [0.25, 0.3) is 0 Å². The van der Waals surface area contributed by atoms with Gasteiger partial charge in [0, 0.05) is 17.6 Å². The number of hydrogen-bond acceptors (Lipinski definition) is 7. The van der Waals surface area contributed by atoms with Crippen LogP contribution in [0.4, 0.5) is 11.4 Å². The molecule has 1 fully saturated rings. The molecule has 2 heterocycles.